The molecule has 0 aliphatic carbocycles. The molecule has 0 amide bonds. The van der Waals surface area contributed by atoms with E-state index in [1.807, 2.05) is 0 Å². The predicted octanol–water partition coefficient (Wildman–Crippen LogP) is 3.26. The highest BCUT2D eigenvalue weighted by atomic mass is 32.2. The largest absolute Gasteiger partial charge is 0.138 e. The van der Waals surface area contributed by atoms with Crippen molar-refractivity contribution in [3.63, 3.8) is 0 Å². The van der Waals surface area contributed by atoms with E-state index >= 15 is 0 Å². The highest BCUT2D eigenvalue weighted by Crippen LogP contribution is 2.01. The van der Waals surface area contributed by atoms with Gasteiger partial charge < -0.3 is 0 Å². The highest BCUT2D eigenvalue weighted by Gasteiger charge is 1.79. The van der Waals surface area contributed by atoms with Crippen LogP contribution in [0.4, 0.5) is 0 Å². The number of thioether (sulfide) groups is 1. The average Bonchev–Trinajstić information content (AvgIpc) is 1.89. The normalized spacial score (nSPS) is 10.9. The van der Waals surface area contributed by atoms with E-state index in [4.69, 9.17) is 0 Å². The minimum absolute atomic E-state index is 1.08. The van der Waals surface area contributed by atoms with E-state index in [-0.39, 0.29) is 0 Å². The Bertz CT molecular complexity index is 67.0. The summed E-state index contributed by atoms with van der Waals surface area (Å²) >= 11 is 1.76. The van der Waals surface area contributed by atoms with E-state index in [1.165, 1.54) is 19.3 Å². The van der Waals surface area contributed by atoms with E-state index < -0.39 is 0 Å². The lowest BCUT2D eigenvalue weighted by Gasteiger charge is -1.89. The molecule has 1 radical (unpaired) electrons. The fourth-order valence-corrected chi connectivity index (χ4v) is 0.932. The molecular formula is C8H15S. The third kappa shape index (κ3) is 8.09. The van der Waals surface area contributed by atoms with Crippen LogP contribution in [0.15, 0.2) is 11.5 Å². The first kappa shape index (κ1) is 9.09. The van der Waals surface area contributed by atoms with Gasteiger partial charge in [-0.25, -0.2) is 0 Å². The summed E-state index contributed by atoms with van der Waals surface area (Å²) in [6, 6.07) is 0. The van der Waals surface area contributed by atoms with Gasteiger partial charge in [0.25, 0.3) is 0 Å². The molecule has 9 heavy (non-hydrogen) atoms. The Balaban J connectivity index is 2.82. The monoisotopic (exact) mass is 143 g/mol. The Kier molecular flexibility index (Phi) is 8.17. The Hall–Kier alpha value is 0.0900. The summed E-state index contributed by atoms with van der Waals surface area (Å²) in [6.45, 7) is 3.77. The van der Waals surface area contributed by atoms with Crippen LogP contribution < -0.4 is 0 Å². The van der Waals surface area contributed by atoms with Gasteiger partial charge in [-0.05, 0) is 24.5 Å². The summed E-state index contributed by atoms with van der Waals surface area (Å²) in [5.41, 5.74) is 0. The number of allylic oxidation sites excluding steroid dienone is 1. The lowest BCUT2D eigenvalue weighted by molar-refractivity contribution is 0.761. The van der Waals surface area contributed by atoms with E-state index in [0.29, 0.717) is 0 Å². The van der Waals surface area contributed by atoms with Gasteiger partial charge in [0.05, 0.1) is 0 Å². The molecule has 0 aromatic carbocycles. The number of hydrogen-bond acceptors (Lipinski definition) is 1. The van der Waals surface area contributed by atoms with Crippen molar-refractivity contribution >= 4 is 11.8 Å². The van der Waals surface area contributed by atoms with Gasteiger partial charge in [-0.3, -0.25) is 0 Å². The fourth-order valence-electron chi connectivity index (χ4n) is 0.603. The van der Waals surface area contributed by atoms with Crippen LogP contribution in [0.25, 0.3) is 0 Å². The standard InChI is InChI=1S/C8H15S/c1-3-4-5-6-7-8-9-2/h7-8H,1,3-6H2,2H3. The zero-order chi connectivity index (χ0) is 6.95. The molecule has 0 spiro atoms. The van der Waals surface area contributed by atoms with Crippen molar-refractivity contribution in [1.82, 2.24) is 0 Å². The van der Waals surface area contributed by atoms with Crippen molar-refractivity contribution in [3.05, 3.63) is 18.4 Å². The summed E-state index contributed by atoms with van der Waals surface area (Å²) in [6.07, 6.45) is 9.15. The maximum Gasteiger partial charge on any atom is -0.0142 e. The van der Waals surface area contributed by atoms with Crippen LogP contribution in [-0.4, -0.2) is 6.26 Å². The zero-order valence-electron chi connectivity index (χ0n) is 6.10. The van der Waals surface area contributed by atoms with Crippen LogP contribution in [0.2, 0.25) is 0 Å². The molecule has 0 rings (SSSR count). The molecule has 0 saturated heterocycles. The zero-order valence-corrected chi connectivity index (χ0v) is 6.91. The van der Waals surface area contributed by atoms with Gasteiger partial charge in [0.1, 0.15) is 0 Å². The van der Waals surface area contributed by atoms with Gasteiger partial charge in [-0.15, -0.1) is 11.8 Å². The fraction of sp³-hybridized carbons (Fsp3) is 0.625. The van der Waals surface area contributed by atoms with Crippen LogP contribution in [0.5, 0.6) is 0 Å². The Morgan fingerprint density at radius 2 is 2.22 bits per heavy atom. The summed E-state index contributed by atoms with van der Waals surface area (Å²) in [4.78, 5) is 0. The quantitative estimate of drug-likeness (QED) is 0.532. The second-order valence-corrected chi connectivity index (χ2v) is 2.70. The van der Waals surface area contributed by atoms with E-state index in [0.717, 1.165) is 6.42 Å². The summed E-state index contributed by atoms with van der Waals surface area (Å²) < 4.78 is 0. The van der Waals surface area contributed by atoms with Crippen molar-refractivity contribution < 1.29 is 0 Å². The number of hydrogen-bond donors (Lipinski definition) is 0. The summed E-state index contributed by atoms with van der Waals surface area (Å²) in [5.74, 6) is 0. The number of rotatable bonds is 5. The second-order valence-electron chi connectivity index (χ2n) is 1.96. The highest BCUT2D eigenvalue weighted by molar-refractivity contribution is 8.01. The average molecular weight is 143 g/mol. The molecule has 0 fully saturated rings. The van der Waals surface area contributed by atoms with Crippen molar-refractivity contribution in [2.75, 3.05) is 6.26 Å². The van der Waals surface area contributed by atoms with E-state index in [9.17, 15) is 0 Å². The molecule has 0 nitrogen and oxygen atoms in total. The molecule has 0 aromatic rings. The number of unbranched alkanes of at least 4 members (excludes halogenated alkanes) is 3. The van der Waals surface area contributed by atoms with Crippen molar-refractivity contribution in [1.29, 1.82) is 0 Å². The maximum absolute atomic E-state index is 3.77. The maximum atomic E-state index is 3.77. The third-order valence-corrected chi connectivity index (χ3v) is 1.57. The first-order valence-corrected chi connectivity index (χ1v) is 4.67. The third-order valence-electron chi connectivity index (χ3n) is 1.10. The van der Waals surface area contributed by atoms with Crippen LogP contribution in [-0.2, 0) is 0 Å². The molecule has 0 aliphatic rings. The summed E-state index contributed by atoms with van der Waals surface area (Å²) in [5, 5.41) is 2.14. The molecule has 1 heteroatoms. The lowest BCUT2D eigenvalue weighted by Crippen LogP contribution is -1.69. The first-order valence-electron chi connectivity index (χ1n) is 3.39. The topological polar surface area (TPSA) is 0 Å². The van der Waals surface area contributed by atoms with Crippen LogP contribution in [0.1, 0.15) is 25.7 Å². The van der Waals surface area contributed by atoms with Crippen molar-refractivity contribution in [2.24, 2.45) is 0 Å². The van der Waals surface area contributed by atoms with Gasteiger partial charge in [-0.1, -0.05) is 25.8 Å². The molecule has 0 aliphatic heterocycles. The minimum atomic E-state index is 1.08. The molecule has 0 N–H and O–H groups in total. The van der Waals surface area contributed by atoms with Crippen LogP contribution in [0.3, 0.4) is 0 Å². The molecular weight excluding hydrogens is 128 g/mol. The Morgan fingerprint density at radius 1 is 1.44 bits per heavy atom. The van der Waals surface area contributed by atoms with E-state index in [2.05, 4.69) is 24.7 Å². The Labute approximate surface area is 62.7 Å². The van der Waals surface area contributed by atoms with E-state index in [1.54, 1.807) is 11.8 Å². The van der Waals surface area contributed by atoms with Gasteiger partial charge in [0.15, 0.2) is 0 Å². The molecule has 0 bridgehead atoms. The van der Waals surface area contributed by atoms with Crippen molar-refractivity contribution in [3.8, 4) is 0 Å². The smallest absolute Gasteiger partial charge is 0.0142 e. The van der Waals surface area contributed by atoms with Gasteiger partial charge in [0, 0.05) is 0 Å². The van der Waals surface area contributed by atoms with Crippen LogP contribution >= 0.6 is 11.8 Å². The molecule has 0 aromatic heterocycles. The van der Waals surface area contributed by atoms with Gasteiger partial charge >= 0.3 is 0 Å². The summed E-state index contributed by atoms with van der Waals surface area (Å²) in [7, 11) is 0. The van der Waals surface area contributed by atoms with Gasteiger partial charge in [0.2, 0.25) is 0 Å². The lowest BCUT2D eigenvalue weighted by atomic mass is 10.2. The molecule has 0 heterocycles. The van der Waals surface area contributed by atoms with Gasteiger partial charge in [-0.2, -0.15) is 0 Å². The molecule has 0 saturated carbocycles. The SMILES string of the molecule is [CH2]CCCCC=CSC. The predicted molar refractivity (Wildman–Crippen MR) is 46.5 cm³/mol. The second kappa shape index (κ2) is 8.09. The molecule has 0 unspecified atom stereocenters. The van der Waals surface area contributed by atoms with Crippen molar-refractivity contribution in [2.45, 2.75) is 25.7 Å². The molecule has 53 valence electrons. The minimum Gasteiger partial charge on any atom is -0.138 e. The Morgan fingerprint density at radius 3 is 2.78 bits per heavy atom. The van der Waals surface area contributed by atoms with Crippen LogP contribution in [0, 0.1) is 6.92 Å². The first-order chi connectivity index (χ1) is 4.41. The molecule has 0 atom stereocenters.